The molecule has 2 aliphatic rings. The maximum atomic E-state index is 12.5. The van der Waals surface area contributed by atoms with Crippen molar-refractivity contribution >= 4 is 17.7 Å². The van der Waals surface area contributed by atoms with Crippen LogP contribution >= 0.6 is 11.8 Å². The van der Waals surface area contributed by atoms with Crippen molar-refractivity contribution < 1.29 is 14.6 Å². The third-order valence-electron chi connectivity index (χ3n) is 5.17. The maximum absolute atomic E-state index is 12.5. The molecule has 1 N–H and O–H groups in total. The van der Waals surface area contributed by atoms with Crippen LogP contribution in [0.1, 0.15) is 25.7 Å². The molecule has 0 aromatic heterocycles. The van der Waals surface area contributed by atoms with E-state index in [1.54, 1.807) is 18.9 Å². The predicted molar refractivity (Wildman–Crippen MR) is 100 cm³/mol. The van der Waals surface area contributed by atoms with Gasteiger partial charge in [-0.2, -0.15) is 0 Å². The Bertz CT molecular complexity index is 576. The minimum Gasteiger partial charge on any atom is -0.497 e. The molecule has 138 valence electrons. The van der Waals surface area contributed by atoms with Crippen molar-refractivity contribution in [3.05, 3.63) is 24.3 Å². The number of hydrogen-bond donors (Lipinski definition) is 1. The van der Waals surface area contributed by atoms with Gasteiger partial charge in [-0.25, -0.2) is 0 Å². The highest BCUT2D eigenvalue weighted by Crippen LogP contribution is 2.25. The number of β-amino-alcohol motifs (C(OH)–C–C–N with tert-alkyl or cyclic N) is 1. The van der Waals surface area contributed by atoms with Gasteiger partial charge in [0.15, 0.2) is 0 Å². The van der Waals surface area contributed by atoms with E-state index in [4.69, 9.17) is 4.74 Å². The Kier molecular flexibility index (Phi) is 6.62. The zero-order valence-electron chi connectivity index (χ0n) is 14.9. The second-order valence-electron chi connectivity index (χ2n) is 6.87. The highest BCUT2D eigenvalue weighted by molar-refractivity contribution is 8.00. The largest absolute Gasteiger partial charge is 0.497 e. The average molecular weight is 365 g/mol. The van der Waals surface area contributed by atoms with Crippen molar-refractivity contribution in [3.8, 4) is 5.75 Å². The summed E-state index contributed by atoms with van der Waals surface area (Å²) in [5.74, 6) is 1.51. The van der Waals surface area contributed by atoms with Gasteiger partial charge in [0, 0.05) is 30.6 Å². The van der Waals surface area contributed by atoms with Crippen molar-refractivity contribution in [3.63, 3.8) is 0 Å². The smallest absolute Gasteiger partial charge is 0.232 e. The summed E-state index contributed by atoms with van der Waals surface area (Å²) < 4.78 is 5.22. The molecule has 0 bridgehead atoms. The molecule has 6 heteroatoms. The van der Waals surface area contributed by atoms with Crippen LogP contribution in [0.25, 0.3) is 0 Å². The molecule has 25 heavy (non-hydrogen) atoms. The lowest BCUT2D eigenvalue weighted by Gasteiger charge is -2.41. The van der Waals surface area contributed by atoms with Crippen LogP contribution in [0.4, 0.5) is 0 Å². The molecule has 0 radical (unpaired) electrons. The predicted octanol–water partition coefficient (Wildman–Crippen LogP) is 2.24. The summed E-state index contributed by atoms with van der Waals surface area (Å²) in [6, 6.07) is 8.35. The number of aliphatic hydroxyl groups is 1. The van der Waals surface area contributed by atoms with Crippen LogP contribution < -0.4 is 4.74 Å². The molecular formula is C19H28N2O3S. The molecule has 2 saturated heterocycles. The van der Waals surface area contributed by atoms with E-state index in [2.05, 4.69) is 4.90 Å². The minimum atomic E-state index is -0.173. The summed E-state index contributed by atoms with van der Waals surface area (Å²) in [7, 11) is 1.65. The van der Waals surface area contributed by atoms with Gasteiger partial charge >= 0.3 is 0 Å². The first kappa shape index (κ1) is 18.5. The monoisotopic (exact) mass is 364 g/mol. The molecule has 2 heterocycles. The van der Waals surface area contributed by atoms with Gasteiger partial charge in [0.1, 0.15) is 5.75 Å². The Morgan fingerprint density at radius 1 is 1.28 bits per heavy atom. The van der Waals surface area contributed by atoms with Crippen molar-refractivity contribution in [1.29, 1.82) is 0 Å². The maximum Gasteiger partial charge on any atom is 0.232 e. The van der Waals surface area contributed by atoms with Gasteiger partial charge in [-0.3, -0.25) is 9.69 Å². The van der Waals surface area contributed by atoms with Crippen molar-refractivity contribution in [1.82, 2.24) is 9.80 Å². The van der Waals surface area contributed by atoms with Gasteiger partial charge in [-0.1, -0.05) is 6.07 Å². The number of benzene rings is 1. The summed E-state index contributed by atoms with van der Waals surface area (Å²) in [4.78, 5) is 17.9. The summed E-state index contributed by atoms with van der Waals surface area (Å²) in [5, 5.41) is 9.85. The Morgan fingerprint density at radius 3 is 2.80 bits per heavy atom. The van der Waals surface area contributed by atoms with E-state index < -0.39 is 0 Å². The van der Waals surface area contributed by atoms with Crippen LogP contribution in [0.15, 0.2) is 29.2 Å². The Balaban J connectivity index is 1.43. The van der Waals surface area contributed by atoms with Gasteiger partial charge in [0.25, 0.3) is 0 Å². The molecule has 2 aliphatic heterocycles. The molecule has 0 spiro atoms. The minimum absolute atomic E-state index is 0.173. The molecule has 1 atom stereocenters. The first-order valence-corrected chi connectivity index (χ1v) is 10.1. The van der Waals surface area contributed by atoms with Gasteiger partial charge in [-0.05, 0) is 50.4 Å². The van der Waals surface area contributed by atoms with Gasteiger partial charge in [-0.15, -0.1) is 11.8 Å². The van der Waals surface area contributed by atoms with Gasteiger partial charge in [0.2, 0.25) is 5.91 Å². The standard InChI is InChI=1S/C19H28N2O3S/c1-24-17-5-2-6-18(12-17)25-14-19(23)20-10-7-15(8-11-20)21-9-3-4-16(22)13-21/h2,5-6,12,15-16,22H,3-4,7-11,13-14H2,1H3/t16-/m1/s1. The number of aliphatic hydroxyl groups excluding tert-OH is 1. The van der Waals surface area contributed by atoms with Crippen LogP contribution in [0.5, 0.6) is 5.75 Å². The number of piperidine rings is 2. The number of carbonyl (C=O) groups excluding carboxylic acids is 1. The third-order valence-corrected chi connectivity index (χ3v) is 6.14. The lowest BCUT2D eigenvalue weighted by Crippen LogP contribution is -2.50. The molecule has 1 aromatic carbocycles. The van der Waals surface area contributed by atoms with E-state index in [1.165, 1.54) is 0 Å². The fourth-order valence-electron chi connectivity index (χ4n) is 3.72. The van der Waals surface area contributed by atoms with E-state index in [1.807, 2.05) is 29.2 Å². The van der Waals surface area contributed by atoms with Gasteiger partial charge < -0.3 is 14.7 Å². The fraction of sp³-hybridized carbons (Fsp3) is 0.632. The number of likely N-dealkylation sites (tertiary alicyclic amines) is 2. The van der Waals surface area contributed by atoms with E-state index in [0.29, 0.717) is 11.8 Å². The average Bonchev–Trinajstić information content (AvgIpc) is 2.66. The van der Waals surface area contributed by atoms with Crippen LogP contribution in [0.3, 0.4) is 0 Å². The molecule has 2 fully saturated rings. The topological polar surface area (TPSA) is 53.0 Å². The first-order chi connectivity index (χ1) is 12.2. The number of methoxy groups -OCH3 is 1. The summed E-state index contributed by atoms with van der Waals surface area (Å²) in [6.45, 7) is 3.54. The first-order valence-electron chi connectivity index (χ1n) is 9.12. The number of ether oxygens (including phenoxy) is 1. The molecule has 1 aromatic rings. The molecule has 0 saturated carbocycles. The van der Waals surface area contributed by atoms with Crippen LogP contribution in [0, 0.1) is 0 Å². The van der Waals surface area contributed by atoms with Crippen LogP contribution in [-0.4, -0.2) is 72.0 Å². The molecule has 5 nitrogen and oxygen atoms in total. The third kappa shape index (κ3) is 5.12. The molecule has 3 rings (SSSR count). The second-order valence-corrected chi connectivity index (χ2v) is 7.92. The number of hydrogen-bond acceptors (Lipinski definition) is 5. The van der Waals surface area contributed by atoms with E-state index >= 15 is 0 Å². The number of rotatable bonds is 5. The zero-order chi connectivity index (χ0) is 17.6. The van der Waals surface area contributed by atoms with Crippen LogP contribution in [-0.2, 0) is 4.79 Å². The summed E-state index contributed by atoms with van der Waals surface area (Å²) in [5.41, 5.74) is 0. The Labute approximate surface area is 154 Å². The zero-order valence-corrected chi connectivity index (χ0v) is 15.7. The number of nitrogens with zero attached hydrogens (tertiary/aromatic N) is 2. The van der Waals surface area contributed by atoms with Crippen molar-refractivity contribution in [2.45, 2.75) is 42.7 Å². The summed E-state index contributed by atoms with van der Waals surface area (Å²) in [6.07, 6.45) is 3.87. The fourth-order valence-corrected chi connectivity index (χ4v) is 4.57. The van der Waals surface area contributed by atoms with Crippen molar-refractivity contribution in [2.24, 2.45) is 0 Å². The Hall–Kier alpha value is -1.24. The SMILES string of the molecule is COc1cccc(SCC(=O)N2CCC(N3CCC[C@@H](O)C3)CC2)c1. The lowest BCUT2D eigenvalue weighted by molar-refractivity contribution is -0.130. The van der Waals surface area contributed by atoms with Crippen LogP contribution in [0.2, 0.25) is 0 Å². The van der Waals surface area contributed by atoms with E-state index in [0.717, 1.165) is 62.5 Å². The number of thioether (sulfide) groups is 1. The molecule has 0 unspecified atom stereocenters. The van der Waals surface area contributed by atoms with Gasteiger partial charge in [0.05, 0.1) is 19.0 Å². The highest BCUT2D eigenvalue weighted by atomic mass is 32.2. The highest BCUT2D eigenvalue weighted by Gasteiger charge is 2.29. The quantitative estimate of drug-likeness (QED) is 0.812. The molecule has 1 amide bonds. The molecule has 0 aliphatic carbocycles. The summed E-state index contributed by atoms with van der Waals surface area (Å²) >= 11 is 1.57. The molecular weight excluding hydrogens is 336 g/mol. The van der Waals surface area contributed by atoms with Crippen molar-refractivity contribution in [2.75, 3.05) is 39.0 Å². The second kappa shape index (κ2) is 8.92. The number of carbonyl (C=O) groups is 1. The van der Waals surface area contributed by atoms with E-state index in [-0.39, 0.29) is 12.0 Å². The van der Waals surface area contributed by atoms with E-state index in [9.17, 15) is 9.90 Å². The lowest BCUT2D eigenvalue weighted by atomic mass is 9.99. The number of amides is 1. The normalized spacial score (nSPS) is 22.8. The Morgan fingerprint density at radius 2 is 2.08 bits per heavy atom.